The molecule has 0 atom stereocenters. The van der Waals surface area contributed by atoms with Gasteiger partial charge in [-0.2, -0.15) is 0 Å². The van der Waals surface area contributed by atoms with Crippen LogP contribution in [0.2, 0.25) is 0 Å². The van der Waals surface area contributed by atoms with Gasteiger partial charge in [0, 0.05) is 4.47 Å². The highest BCUT2D eigenvalue weighted by atomic mass is 79.9. The van der Waals surface area contributed by atoms with Crippen LogP contribution in [0.15, 0.2) is 16.6 Å². The number of nitrogens with one attached hydrogen (secondary N) is 1. The van der Waals surface area contributed by atoms with Crippen molar-refractivity contribution in [2.75, 3.05) is 5.32 Å². The molecule has 15 heavy (non-hydrogen) atoms. The number of rotatable bonds is 2. The van der Waals surface area contributed by atoms with Crippen LogP contribution in [0.4, 0.5) is 5.69 Å². The molecule has 0 saturated heterocycles. The lowest BCUT2D eigenvalue weighted by molar-refractivity contribution is -0.114. The van der Waals surface area contributed by atoms with Crippen LogP contribution >= 0.6 is 39.1 Å². The highest BCUT2D eigenvalue weighted by Crippen LogP contribution is 2.26. The quantitative estimate of drug-likeness (QED) is 0.827. The van der Waals surface area contributed by atoms with Crippen molar-refractivity contribution in [1.82, 2.24) is 0 Å². The fourth-order valence-corrected chi connectivity index (χ4v) is 1.73. The Morgan fingerprint density at radius 2 is 1.87 bits per heavy atom. The topological polar surface area (TPSA) is 29.1 Å². The summed E-state index contributed by atoms with van der Waals surface area (Å²) in [6.07, 6.45) is 0. The van der Waals surface area contributed by atoms with Gasteiger partial charge in [-0.15, -0.1) is 0 Å². The van der Waals surface area contributed by atoms with Gasteiger partial charge in [0.05, 0.1) is 5.69 Å². The third kappa shape index (κ3) is 3.37. The Labute approximate surface area is 107 Å². The molecule has 0 aliphatic heterocycles. The predicted octanol–water partition coefficient (Wildman–Crippen LogP) is 3.81. The molecule has 2 nitrogen and oxygen atoms in total. The number of hydrogen-bond donors (Lipinski definition) is 1. The molecule has 5 heteroatoms. The molecular formula is C10H10BrCl2NO. The van der Waals surface area contributed by atoms with E-state index in [4.69, 9.17) is 23.2 Å². The summed E-state index contributed by atoms with van der Waals surface area (Å²) in [5.74, 6) is -0.428. The van der Waals surface area contributed by atoms with Crippen molar-refractivity contribution < 1.29 is 4.79 Å². The third-order valence-corrected chi connectivity index (χ3v) is 3.09. The van der Waals surface area contributed by atoms with Crippen LogP contribution in [-0.2, 0) is 4.79 Å². The Kier molecular flexibility index (Phi) is 4.44. The monoisotopic (exact) mass is 309 g/mol. The zero-order valence-electron chi connectivity index (χ0n) is 8.27. The van der Waals surface area contributed by atoms with Crippen LogP contribution in [-0.4, -0.2) is 10.7 Å². The molecule has 0 aliphatic rings. The number of aryl methyl sites for hydroxylation is 2. The maximum atomic E-state index is 11.3. The lowest BCUT2D eigenvalue weighted by atomic mass is 10.1. The van der Waals surface area contributed by atoms with Gasteiger partial charge in [-0.05, 0) is 53.0 Å². The fraction of sp³-hybridized carbons (Fsp3) is 0.300. The molecule has 0 heterocycles. The summed E-state index contributed by atoms with van der Waals surface area (Å²) in [5.41, 5.74) is 2.91. The molecule has 0 saturated carbocycles. The SMILES string of the molecule is Cc1cc(Br)c(NC(=O)C(Cl)Cl)cc1C. The normalized spacial score (nSPS) is 10.5. The average molecular weight is 311 g/mol. The predicted molar refractivity (Wildman–Crippen MR) is 67.7 cm³/mol. The molecule has 0 unspecified atom stereocenters. The molecule has 1 rings (SSSR count). The van der Waals surface area contributed by atoms with Crippen molar-refractivity contribution in [3.63, 3.8) is 0 Å². The van der Waals surface area contributed by atoms with Crippen LogP contribution < -0.4 is 5.32 Å². The summed E-state index contributed by atoms with van der Waals surface area (Å²) in [6, 6.07) is 3.80. The lowest BCUT2D eigenvalue weighted by Gasteiger charge is -2.10. The minimum Gasteiger partial charge on any atom is -0.323 e. The minimum atomic E-state index is -1.06. The number of hydrogen-bond acceptors (Lipinski definition) is 1. The Morgan fingerprint density at radius 1 is 1.33 bits per heavy atom. The number of anilines is 1. The lowest BCUT2D eigenvalue weighted by Crippen LogP contribution is -2.18. The van der Waals surface area contributed by atoms with Gasteiger partial charge >= 0.3 is 0 Å². The summed E-state index contributed by atoms with van der Waals surface area (Å²) in [4.78, 5) is 10.2. The Balaban J connectivity index is 2.96. The summed E-state index contributed by atoms with van der Waals surface area (Å²) in [5, 5.41) is 2.63. The van der Waals surface area contributed by atoms with Crippen molar-refractivity contribution in [2.45, 2.75) is 18.7 Å². The molecule has 0 aromatic heterocycles. The van der Waals surface area contributed by atoms with Crippen molar-refractivity contribution in [1.29, 1.82) is 0 Å². The highest BCUT2D eigenvalue weighted by Gasteiger charge is 2.13. The Morgan fingerprint density at radius 3 is 2.40 bits per heavy atom. The van der Waals surface area contributed by atoms with E-state index in [1.807, 2.05) is 26.0 Å². The minimum absolute atomic E-state index is 0.428. The van der Waals surface area contributed by atoms with E-state index in [0.717, 1.165) is 15.6 Å². The smallest absolute Gasteiger partial charge is 0.257 e. The van der Waals surface area contributed by atoms with Gasteiger partial charge in [0.2, 0.25) is 0 Å². The number of halogens is 3. The zero-order valence-corrected chi connectivity index (χ0v) is 11.4. The van der Waals surface area contributed by atoms with E-state index >= 15 is 0 Å². The molecule has 0 bridgehead atoms. The van der Waals surface area contributed by atoms with Crippen molar-refractivity contribution in [2.24, 2.45) is 0 Å². The molecule has 0 spiro atoms. The number of amides is 1. The first-order valence-corrected chi connectivity index (χ1v) is 5.94. The largest absolute Gasteiger partial charge is 0.323 e. The van der Waals surface area contributed by atoms with Crippen LogP contribution in [0, 0.1) is 13.8 Å². The molecule has 1 N–H and O–H groups in total. The van der Waals surface area contributed by atoms with E-state index in [9.17, 15) is 4.79 Å². The maximum absolute atomic E-state index is 11.3. The second kappa shape index (κ2) is 5.19. The zero-order chi connectivity index (χ0) is 11.6. The van der Waals surface area contributed by atoms with E-state index in [0.29, 0.717) is 5.69 Å². The van der Waals surface area contributed by atoms with Crippen LogP contribution in [0.25, 0.3) is 0 Å². The van der Waals surface area contributed by atoms with Crippen LogP contribution in [0.5, 0.6) is 0 Å². The number of carbonyl (C=O) groups excluding carboxylic acids is 1. The van der Waals surface area contributed by atoms with Gasteiger partial charge in [-0.25, -0.2) is 0 Å². The summed E-state index contributed by atoms with van der Waals surface area (Å²) < 4.78 is 0.813. The fourth-order valence-electron chi connectivity index (χ4n) is 1.06. The van der Waals surface area contributed by atoms with E-state index in [1.165, 1.54) is 0 Å². The van der Waals surface area contributed by atoms with Gasteiger partial charge in [-0.1, -0.05) is 23.2 Å². The van der Waals surface area contributed by atoms with E-state index in [-0.39, 0.29) is 0 Å². The van der Waals surface area contributed by atoms with Gasteiger partial charge in [0.15, 0.2) is 4.84 Å². The number of carbonyl (C=O) groups is 1. The summed E-state index contributed by atoms with van der Waals surface area (Å²) in [6.45, 7) is 3.97. The number of alkyl halides is 2. The first kappa shape index (κ1) is 12.8. The van der Waals surface area contributed by atoms with Crippen LogP contribution in [0.1, 0.15) is 11.1 Å². The second-order valence-electron chi connectivity index (χ2n) is 3.21. The second-order valence-corrected chi connectivity index (χ2v) is 5.16. The summed E-state index contributed by atoms with van der Waals surface area (Å²) in [7, 11) is 0. The van der Waals surface area contributed by atoms with Crippen molar-refractivity contribution in [3.8, 4) is 0 Å². The molecule has 1 aromatic rings. The standard InChI is InChI=1S/C10H10BrCl2NO/c1-5-3-7(11)8(4-6(5)2)14-10(15)9(12)13/h3-4,9H,1-2H3,(H,14,15). The van der Waals surface area contributed by atoms with Gasteiger partial charge in [-0.3, -0.25) is 4.79 Å². The van der Waals surface area contributed by atoms with Crippen LogP contribution in [0.3, 0.4) is 0 Å². The molecule has 1 amide bonds. The Bertz CT molecular complexity index is 393. The van der Waals surface area contributed by atoms with Gasteiger partial charge in [0.1, 0.15) is 0 Å². The molecular weight excluding hydrogens is 301 g/mol. The molecule has 1 aromatic carbocycles. The summed E-state index contributed by atoms with van der Waals surface area (Å²) >= 11 is 14.2. The Hall–Kier alpha value is -0.250. The average Bonchev–Trinajstić information content (AvgIpc) is 2.13. The third-order valence-electron chi connectivity index (χ3n) is 2.04. The molecule has 0 aliphatic carbocycles. The molecule has 82 valence electrons. The van der Waals surface area contributed by atoms with Gasteiger partial charge < -0.3 is 5.32 Å². The van der Waals surface area contributed by atoms with Gasteiger partial charge in [0.25, 0.3) is 5.91 Å². The molecule has 0 fully saturated rings. The van der Waals surface area contributed by atoms with E-state index in [1.54, 1.807) is 0 Å². The van der Waals surface area contributed by atoms with E-state index < -0.39 is 10.7 Å². The van der Waals surface area contributed by atoms with Crippen molar-refractivity contribution in [3.05, 3.63) is 27.7 Å². The highest BCUT2D eigenvalue weighted by molar-refractivity contribution is 9.10. The number of benzene rings is 1. The first-order valence-electron chi connectivity index (χ1n) is 4.27. The van der Waals surface area contributed by atoms with E-state index in [2.05, 4.69) is 21.2 Å². The maximum Gasteiger partial charge on any atom is 0.257 e. The first-order chi connectivity index (χ1) is 6.91. The van der Waals surface area contributed by atoms with Crippen molar-refractivity contribution >= 4 is 50.7 Å². The molecule has 0 radical (unpaired) electrons.